The van der Waals surface area contributed by atoms with Gasteiger partial charge in [0.15, 0.2) is 12.3 Å². The fourth-order valence-electron chi connectivity index (χ4n) is 2.00. The maximum absolute atomic E-state index is 14.5. The zero-order chi connectivity index (χ0) is 15.8. The molecule has 1 aromatic heterocycles. The Kier molecular flexibility index (Phi) is 4.54. The molecule has 1 unspecified atom stereocenters. The monoisotopic (exact) mass is 324 g/mol. The van der Waals surface area contributed by atoms with Gasteiger partial charge in [0.2, 0.25) is 0 Å². The van der Waals surface area contributed by atoms with E-state index in [0.29, 0.717) is 4.57 Å². The molecule has 10 nitrogen and oxygen atoms in total. The molecule has 12 heteroatoms. The van der Waals surface area contributed by atoms with E-state index >= 15 is 0 Å². The van der Waals surface area contributed by atoms with Gasteiger partial charge in [-0.3, -0.25) is 10.1 Å². The number of anilines is 1. The number of hydrogen-bond donors (Lipinski definition) is 5. The van der Waals surface area contributed by atoms with Crippen LogP contribution in [0.25, 0.3) is 0 Å². The average molecular weight is 324 g/mol. The highest BCUT2D eigenvalue weighted by Crippen LogP contribution is 2.44. The first-order valence-corrected chi connectivity index (χ1v) is 6.98. The first-order valence-electron chi connectivity index (χ1n) is 5.70. The molecule has 1 aromatic rings. The van der Waals surface area contributed by atoms with Gasteiger partial charge >= 0.3 is 5.69 Å². The highest BCUT2D eigenvalue weighted by Gasteiger charge is 2.59. The Labute approximate surface area is 118 Å². The van der Waals surface area contributed by atoms with Crippen LogP contribution >= 0.6 is 8.53 Å². The standard InChI is InChI=1S/C9H14FN4O6P/c10-9(17)6(20-21(12)18)4(3-15)19-7(9)14-2-1-5(11)13-8(14)16/h1-2,4,6-7,15,17-18H,3,12H2,(H2,11,13,16)/t4-,6-,7-,9-,21?/m1/s1. The third-order valence-corrected chi connectivity index (χ3v) is 3.34. The van der Waals surface area contributed by atoms with Crippen LogP contribution in [0.4, 0.5) is 10.2 Å². The fraction of sp³-hybridized carbons (Fsp3) is 0.556. The molecule has 0 saturated carbocycles. The molecule has 0 spiro atoms. The summed E-state index contributed by atoms with van der Waals surface area (Å²) < 4.78 is 24.9. The first-order chi connectivity index (χ1) is 9.77. The lowest BCUT2D eigenvalue weighted by atomic mass is 10.1. The van der Waals surface area contributed by atoms with E-state index in [-0.39, 0.29) is 5.82 Å². The van der Waals surface area contributed by atoms with Gasteiger partial charge in [-0.25, -0.2) is 9.18 Å². The summed E-state index contributed by atoms with van der Waals surface area (Å²) in [7, 11) is -2.52. The zero-order valence-corrected chi connectivity index (χ0v) is 11.4. The van der Waals surface area contributed by atoms with Crippen molar-refractivity contribution in [1.82, 2.24) is 9.55 Å². The number of nitrogens with zero attached hydrogens (tertiary/aromatic N) is 2. The molecule has 0 bridgehead atoms. The lowest BCUT2D eigenvalue weighted by Crippen LogP contribution is -2.46. The van der Waals surface area contributed by atoms with E-state index in [9.17, 15) is 14.3 Å². The molecule has 7 N–H and O–H groups in total. The highest BCUT2D eigenvalue weighted by atomic mass is 31.2. The van der Waals surface area contributed by atoms with Crippen LogP contribution in [0.15, 0.2) is 17.1 Å². The van der Waals surface area contributed by atoms with E-state index < -0.39 is 45.1 Å². The predicted molar refractivity (Wildman–Crippen MR) is 68.2 cm³/mol. The Morgan fingerprint density at radius 3 is 2.86 bits per heavy atom. The summed E-state index contributed by atoms with van der Waals surface area (Å²) in [5.74, 6) is -3.32. The van der Waals surface area contributed by atoms with Crippen molar-refractivity contribution in [2.45, 2.75) is 24.3 Å². The third kappa shape index (κ3) is 3.04. The predicted octanol–water partition coefficient (Wildman–Crippen LogP) is -2.06. The van der Waals surface area contributed by atoms with Gasteiger partial charge in [-0.15, -0.1) is 0 Å². The second-order valence-corrected chi connectivity index (χ2v) is 5.12. The lowest BCUT2D eigenvalue weighted by molar-refractivity contribution is -0.192. The van der Waals surface area contributed by atoms with Gasteiger partial charge < -0.3 is 30.1 Å². The van der Waals surface area contributed by atoms with Crippen LogP contribution < -0.4 is 16.9 Å². The molecule has 2 rings (SSSR count). The van der Waals surface area contributed by atoms with E-state index in [1.54, 1.807) is 0 Å². The van der Waals surface area contributed by atoms with Gasteiger partial charge in [-0.05, 0) is 6.07 Å². The van der Waals surface area contributed by atoms with Crippen molar-refractivity contribution >= 4 is 14.3 Å². The van der Waals surface area contributed by atoms with Crippen molar-refractivity contribution in [1.29, 1.82) is 0 Å². The Bertz CT molecular complexity index is 569. The van der Waals surface area contributed by atoms with Gasteiger partial charge in [-0.2, -0.15) is 4.98 Å². The van der Waals surface area contributed by atoms with E-state index in [2.05, 4.69) is 9.51 Å². The molecule has 1 fully saturated rings. The van der Waals surface area contributed by atoms with Crippen molar-refractivity contribution < 1.29 is 28.8 Å². The minimum absolute atomic E-state index is 0.0935. The van der Waals surface area contributed by atoms with Crippen molar-refractivity contribution in [3.05, 3.63) is 22.7 Å². The summed E-state index contributed by atoms with van der Waals surface area (Å²) in [6.45, 7) is -0.728. The summed E-state index contributed by atoms with van der Waals surface area (Å²) in [6, 6.07) is 1.20. The molecular weight excluding hydrogens is 310 g/mol. The number of ether oxygens (including phenoxy) is 1. The Hall–Kier alpha value is -1.20. The number of aliphatic hydroxyl groups is 2. The number of hydrogen-bond acceptors (Lipinski definition) is 9. The number of halogens is 1. The Morgan fingerprint density at radius 2 is 2.33 bits per heavy atom. The topological polar surface area (TPSA) is 166 Å². The summed E-state index contributed by atoms with van der Waals surface area (Å²) >= 11 is 0. The van der Waals surface area contributed by atoms with Crippen LogP contribution in [0.3, 0.4) is 0 Å². The van der Waals surface area contributed by atoms with Gasteiger partial charge in [-0.1, -0.05) is 0 Å². The van der Waals surface area contributed by atoms with Crippen LogP contribution in [0, 0.1) is 0 Å². The van der Waals surface area contributed by atoms with E-state index in [1.165, 1.54) is 6.07 Å². The van der Waals surface area contributed by atoms with Crippen LogP contribution in [-0.2, 0) is 9.26 Å². The zero-order valence-electron chi connectivity index (χ0n) is 10.5. The van der Waals surface area contributed by atoms with Crippen LogP contribution in [-0.4, -0.2) is 49.3 Å². The maximum Gasteiger partial charge on any atom is 0.351 e. The molecule has 0 aromatic carbocycles. The molecule has 21 heavy (non-hydrogen) atoms. The van der Waals surface area contributed by atoms with E-state index in [4.69, 9.17) is 26.0 Å². The fourth-order valence-corrected chi connectivity index (χ4v) is 2.51. The van der Waals surface area contributed by atoms with Crippen molar-refractivity contribution in [2.24, 2.45) is 5.50 Å². The molecule has 0 amide bonds. The number of alkyl halides is 1. The van der Waals surface area contributed by atoms with Gasteiger partial charge in [0.25, 0.3) is 14.4 Å². The molecular formula is C9H14FN4O6P. The Balaban J connectivity index is 2.39. The smallest absolute Gasteiger partial charge is 0.351 e. The van der Waals surface area contributed by atoms with E-state index in [1.807, 2.05) is 0 Å². The van der Waals surface area contributed by atoms with Crippen molar-refractivity contribution in [3.8, 4) is 0 Å². The summed E-state index contributed by atoms with van der Waals surface area (Å²) in [5.41, 5.74) is 9.37. The number of aliphatic hydroxyl groups excluding tert-OH is 1. The quantitative estimate of drug-likeness (QED) is 0.391. The number of aromatic nitrogens is 2. The average Bonchev–Trinajstić information content (AvgIpc) is 2.61. The Morgan fingerprint density at radius 1 is 1.67 bits per heavy atom. The SMILES string of the molecule is Nc1ccn([C@@H]2O[C@H](CO)[C@@H](OP(N)O)[C@]2(O)F)c(=O)n1. The minimum atomic E-state index is -3.22. The highest BCUT2D eigenvalue weighted by molar-refractivity contribution is 7.43. The molecule has 1 aliphatic rings. The molecule has 2 heterocycles. The van der Waals surface area contributed by atoms with Gasteiger partial charge in [0, 0.05) is 6.20 Å². The molecule has 1 aliphatic heterocycles. The summed E-state index contributed by atoms with van der Waals surface area (Å²) in [4.78, 5) is 24.1. The number of nitrogens with two attached hydrogens (primary N) is 2. The van der Waals surface area contributed by atoms with Crippen molar-refractivity contribution in [2.75, 3.05) is 12.3 Å². The first kappa shape index (κ1) is 16.2. The van der Waals surface area contributed by atoms with Crippen LogP contribution in [0.1, 0.15) is 6.23 Å². The molecule has 5 atom stereocenters. The largest absolute Gasteiger partial charge is 0.394 e. The van der Waals surface area contributed by atoms with Crippen molar-refractivity contribution in [3.63, 3.8) is 0 Å². The maximum atomic E-state index is 14.5. The summed E-state index contributed by atoms with van der Waals surface area (Å²) in [5, 5.41) is 19.0. The van der Waals surface area contributed by atoms with Crippen LogP contribution in [0.5, 0.6) is 0 Å². The second kappa shape index (κ2) is 5.89. The molecule has 118 valence electrons. The lowest BCUT2D eigenvalue weighted by Gasteiger charge is -2.26. The van der Waals surface area contributed by atoms with Gasteiger partial charge in [0.1, 0.15) is 11.9 Å². The normalized spacial score (nSPS) is 34.0. The molecule has 0 aliphatic carbocycles. The number of nitrogen functional groups attached to an aromatic ring is 1. The minimum Gasteiger partial charge on any atom is -0.394 e. The van der Waals surface area contributed by atoms with Crippen LogP contribution in [0.2, 0.25) is 0 Å². The van der Waals surface area contributed by atoms with E-state index in [0.717, 1.165) is 6.20 Å². The van der Waals surface area contributed by atoms with Gasteiger partial charge in [0.05, 0.1) is 6.61 Å². The second-order valence-electron chi connectivity index (χ2n) is 4.31. The summed E-state index contributed by atoms with van der Waals surface area (Å²) in [6.07, 6.45) is -3.88. The number of rotatable bonds is 4. The third-order valence-electron chi connectivity index (χ3n) is 2.89. The molecule has 0 radical (unpaired) electrons. The molecule has 1 saturated heterocycles.